The van der Waals surface area contributed by atoms with Crippen molar-refractivity contribution in [1.82, 2.24) is 15.1 Å². The first-order valence-electron chi connectivity index (χ1n) is 8.80. The summed E-state index contributed by atoms with van der Waals surface area (Å²) in [5, 5.41) is 3.39. The predicted octanol–water partition coefficient (Wildman–Crippen LogP) is 2.53. The molecule has 1 N–H and O–H groups in total. The van der Waals surface area contributed by atoms with Crippen molar-refractivity contribution < 1.29 is 4.79 Å². The number of hydrogen-bond acceptors (Lipinski definition) is 3. The SMILES string of the molecule is CC(C)(C)c1ccc(C(=O)N2CCC(N3CCNCC3)C2)cc1.Cl. The lowest BCUT2D eigenvalue weighted by Gasteiger charge is -2.32. The smallest absolute Gasteiger partial charge is 0.253 e. The summed E-state index contributed by atoms with van der Waals surface area (Å²) in [5.41, 5.74) is 2.22. The van der Waals surface area contributed by atoms with Crippen molar-refractivity contribution in [2.75, 3.05) is 39.3 Å². The second kappa shape index (κ2) is 7.85. The van der Waals surface area contributed by atoms with Crippen LogP contribution in [0.4, 0.5) is 0 Å². The topological polar surface area (TPSA) is 35.6 Å². The standard InChI is InChI=1S/C19H29N3O.ClH/c1-19(2,3)16-6-4-15(5-7-16)18(23)22-11-8-17(14-22)21-12-9-20-10-13-21;/h4-7,17,20H,8-14H2,1-3H3;1H. The molecule has 0 radical (unpaired) electrons. The molecule has 1 aromatic carbocycles. The van der Waals surface area contributed by atoms with E-state index in [-0.39, 0.29) is 23.7 Å². The number of rotatable bonds is 2. The van der Waals surface area contributed by atoms with Gasteiger partial charge in [-0.15, -0.1) is 12.4 Å². The van der Waals surface area contributed by atoms with Crippen LogP contribution >= 0.6 is 12.4 Å². The molecule has 24 heavy (non-hydrogen) atoms. The molecule has 2 fully saturated rings. The molecule has 0 spiro atoms. The zero-order chi connectivity index (χ0) is 16.4. The molecular formula is C19H30ClN3O. The van der Waals surface area contributed by atoms with E-state index in [1.807, 2.05) is 17.0 Å². The van der Waals surface area contributed by atoms with Crippen molar-refractivity contribution in [3.63, 3.8) is 0 Å². The van der Waals surface area contributed by atoms with Crippen LogP contribution in [0.25, 0.3) is 0 Å². The summed E-state index contributed by atoms with van der Waals surface area (Å²) in [7, 11) is 0. The molecule has 134 valence electrons. The number of nitrogens with one attached hydrogen (secondary N) is 1. The van der Waals surface area contributed by atoms with Gasteiger partial charge in [-0.05, 0) is 29.5 Å². The summed E-state index contributed by atoms with van der Waals surface area (Å²) in [6.07, 6.45) is 1.10. The van der Waals surface area contributed by atoms with E-state index in [0.717, 1.165) is 51.3 Å². The molecule has 1 amide bonds. The van der Waals surface area contributed by atoms with E-state index in [1.54, 1.807) is 0 Å². The normalized spacial score (nSPS) is 22.3. The van der Waals surface area contributed by atoms with E-state index in [0.29, 0.717) is 6.04 Å². The van der Waals surface area contributed by atoms with E-state index >= 15 is 0 Å². The number of benzene rings is 1. The second-order valence-electron chi connectivity index (χ2n) is 7.81. The third-order valence-corrected chi connectivity index (χ3v) is 5.12. The van der Waals surface area contributed by atoms with Crippen LogP contribution in [0.15, 0.2) is 24.3 Å². The van der Waals surface area contributed by atoms with Crippen molar-refractivity contribution >= 4 is 18.3 Å². The minimum atomic E-state index is 0. The van der Waals surface area contributed by atoms with Gasteiger partial charge in [-0.25, -0.2) is 0 Å². The molecule has 3 rings (SSSR count). The fourth-order valence-electron chi connectivity index (χ4n) is 3.57. The molecule has 4 nitrogen and oxygen atoms in total. The number of piperazine rings is 1. The molecule has 0 saturated carbocycles. The van der Waals surface area contributed by atoms with Gasteiger partial charge >= 0.3 is 0 Å². The lowest BCUT2D eigenvalue weighted by molar-refractivity contribution is 0.0773. The van der Waals surface area contributed by atoms with Crippen LogP contribution in [0.1, 0.15) is 43.1 Å². The van der Waals surface area contributed by atoms with Gasteiger partial charge in [-0.2, -0.15) is 0 Å². The summed E-state index contributed by atoms with van der Waals surface area (Å²) in [6.45, 7) is 12.7. The molecular weight excluding hydrogens is 322 g/mol. The highest BCUT2D eigenvalue weighted by molar-refractivity contribution is 5.94. The van der Waals surface area contributed by atoms with Gasteiger partial charge in [0, 0.05) is 50.9 Å². The first-order valence-corrected chi connectivity index (χ1v) is 8.80. The molecule has 2 aliphatic rings. The van der Waals surface area contributed by atoms with Crippen LogP contribution in [0, 0.1) is 0 Å². The number of halogens is 1. The van der Waals surface area contributed by atoms with Crippen molar-refractivity contribution in [1.29, 1.82) is 0 Å². The van der Waals surface area contributed by atoms with E-state index in [2.05, 4.69) is 43.1 Å². The number of nitrogens with zero attached hydrogens (tertiary/aromatic N) is 2. The minimum absolute atomic E-state index is 0. The van der Waals surface area contributed by atoms with Gasteiger partial charge < -0.3 is 10.2 Å². The van der Waals surface area contributed by atoms with Gasteiger partial charge in [0.1, 0.15) is 0 Å². The van der Waals surface area contributed by atoms with Crippen LogP contribution < -0.4 is 5.32 Å². The highest BCUT2D eigenvalue weighted by Gasteiger charge is 2.31. The molecule has 1 atom stereocenters. The van der Waals surface area contributed by atoms with E-state index in [4.69, 9.17) is 0 Å². The fourth-order valence-corrected chi connectivity index (χ4v) is 3.57. The summed E-state index contributed by atoms with van der Waals surface area (Å²) in [4.78, 5) is 17.3. The Morgan fingerprint density at radius 1 is 1.08 bits per heavy atom. The van der Waals surface area contributed by atoms with Crippen LogP contribution in [-0.2, 0) is 5.41 Å². The molecule has 0 aliphatic carbocycles. The molecule has 2 aliphatic heterocycles. The molecule has 1 aromatic rings. The summed E-state index contributed by atoms with van der Waals surface area (Å²) >= 11 is 0. The third kappa shape index (κ3) is 4.29. The number of hydrogen-bond donors (Lipinski definition) is 1. The maximum absolute atomic E-state index is 12.7. The van der Waals surface area contributed by atoms with Crippen LogP contribution in [-0.4, -0.2) is 61.0 Å². The number of carbonyl (C=O) groups excluding carboxylic acids is 1. The maximum Gasteiger partial charge on any atom is 0.253 e. The first-order chi connectivity index (χ1) is 10.9. The maximum atomic E-state index is 12.7. The molecule has 2 heterocycles. The highest BCUT2D eigenvalue weighted by atomic mass is 35.5. The van der Waals surface area contributed by atoms with Gasteiger partial charge in [-0.3, -0.25) is 9.69 Å². The largest absolute Gasteiger partial charge is 0.337 e. The zero-order valence-electron chi connectivity index (χ0n) is 15.0. The lowest BCUT2D eigenvalue weighted by atomic mass is 9.86. The Hall–Kier alpha value is -1.10. The summed E-state index contributed by atoms with van der Waals surface area (Å²) in [5.74, 6) is 0.183. The Morgan fingerprint density at radius 2 is 1.71 bits per heavy atom. The molecule has 5 heteroatoms. The van der Waals surface area contributed by atoms with Gasteiger partial charge in [0.15, 0.2) is 0 Å². The number of carbonyl (C=O) groups is 1. The Balaban J connectivity index is 0.00000208. The van der Waals surface area contributed by atoms with E-state index in [1.165, 1.54) is 5.56 Å². The van der Waals surface area contributed by atoms with Crippen molar-refractivity contribution in [3.05, 3.63) is 35.4 Å². The van der Waals surface area contributed by atoms with Gasteiger partial charge in [0.25, 0.3) is 5.91 Å². The second-order valence-corrected chi connectivity index (χ2v) is 7.81. The van der Waals surface area contributed by atoms with Crippen LogP contribution in [0.3, 0.4) is 0 Å². The quantitative estimate of drug-likeness (QED) is 0.889. The zero-order valence-corrected chi connectivity index (χ0v) is 15.9. The molecule has 0 aromatic heterocycles. The summed E-state index contributed by atoms with van der Waals surface area (Å²) in [6, 6.07) is 8.70. The van der Waals surface area contributed by atoms with E-state index in [9.17, 15) is 4.79 Å². The third-order valence-electron chi connectivity index (χ3n) is 5.12. The average molecular weight is 352 g/mol. The van der Waals surface area contributed by atoms with E-state index < -0.39 is 0 Å². The Bertz CT molecular complexity index is 547. The van der Waals surface area contributed by atoms with Crippen molar-refractivity contribution in [2.24, 2.45) is 0 Å². The Morgan fingerprint density at radius 3 is 2.29 bits per heavy atom. The number of likely N-dealkylation sites (tertiary alicyclic amines) is 1. The average Bonchev–Trinajstić information content (AvgIpc) is 3.04. The first kappa shape index (κ1) is 19.2. The van der Waals surface area contributed by atoms with Crippen LogP contribution in [0.2, 0.25) is 0 Å². The summed E-state index contributed by atoms with van der Waals surface area (Å²) < 4.78 is 0. The molecule has 2 saturated heterocycles. The fraction of sp³-hybridized carbons (Fsp3) is 0.632. The monoisotopic (exact) mass is 351 g/mol. The van der Waals surface area contributed by atoms with Crippen LogP contribution in [0.5, 0.6) is 0 Å². The molecule has 0 bridgehead atoms. The van der Waals surface area contributed by atoms with Crippen molar-refractivity contribution in [3.8, 4) is 0 Å². The van der Waals surface area contributed by atoms with Crippen molar-refractivity contribution in [2.45, 2.75) is 38.6 Å². The number of amides is 1. The van der Waals surface area contributed by atoms with Gasteiger partial charge in [-0.1, -0.05) is 32.9 Å². The van der Waals surface area contributed by atoms with Gasteiger partial charge in [0.05, 0.1) is 0 Å². The van der Waals surface area contributed by atoms with Gasteiger partial charge in [0.2, 0.25) is 0 Å². The lowest BCUT2D eigenvalue weighted by Crippen LogP contribution is -2.49. The minimum Gasteiger partial charge on any atom is -0.337 e. The molecule has 1 unspecified atom stereocenters. The Labute approximate surface area is 152 Å². The Kier molecular flexibility index (Phi) is 6.29. The highest BCUT2D eigenvalue weighted by Crippen LogP contribution is 2.23. The predicted molar refractivity (Wildman–Crippen MR) is 101 cm³/mol.